The van der Waals surface area contributed by atoms with Crippen LogP contribution in [0.25, 0.3) is 74.2 Å². The van der Waals surface area contributed by atoms with E-state index in [4.69, 9.17) is 0 Å². The van der Waals surface area contributed by atoms with Crippen LogP contribution in [-0.4, -0.2) is 0 Å². The summed E-state index contributed by atoms with van der Waals surface area (Å²) in [4.78, 5) is 0. The summed E-state index contributed by atoms with van der Waals surface area (Å²) < 4.78 is 0. The zero-order valence-corrected chi connectivity index (χ0v) is 22.5. The van der Waals surface area contributed by atoms with Crippen LogP contribution < -0.4 is 10.4 Å². The lowest BCUT2D eigenvalue weighted by molar-refractivity contribution is 1.53. The average Bonchev–Trinajstić information content (AvgIpc) is 3.00. The Balaban J connectivity index is 1.56. The summed E-state index contributed by atoms with van der Waals surface area (Å²) in [6, 6.07) is 40.6. The number of hydrogen-bond acceptors (Lipinski definition) is 0. The summed E-state index contributed by atoms with van der Waals surface area (Å²) in [5.74, 6) is 0. The minimum Gasteiger partial charge on any atom is -0.0984 e. The van der Waals surface area contributed by atoms with Crippen molar-refractivity contribution in [2.45, 2.75) is 0 Å². The van der Waals surface area contributed by atoms with E-state index in [1.165, 1.54) is 21.9 Å². The van der Waals surface area contributed by atoms with E-state index in [1.807, 2.05) is 30.4 Å². The van der Waals surface area contributed by atoms with Crippen LogP contribution in [0.3, 0.4) is 0 Å². The molecule has 0 atom stereocenters. The molecule has 0 spiro atoms. The zero-order chi connectivity index (χ0) is 27.6. The zero-order valence-electron chi connectivity index (χ0n) is 22.5. The van der Waals surface area contributed by atoms with Gasteiger partial charge in [-0.05, 0) is 82.6 Å². The number of fused-ring (bicyclic) bond motifs is 2. The monoisotopic (exact) mass is 510 g/mol. The first-order chi connectivity index (χ1) is 19.6. The summed E-state index contributed by atoms with van der Waals surface area (Å²) in [5, 5.41) is 6.83. The second kappa shape index (κ2) is 10.5. The highest BCUT2D eigenvalue weighted by molar-refractivity contribution is 6.12. The summed E-state index contributed by atoms with van der Waals surface area (Å²) in [6.45, 7) is 17.1. The minimum atomic E-state index is 0.920. The van der Waals surface area contributed by atoms with Gasteiger partial charge in [0.05, 0.1) is 0 Å². The molecule has 0 heteroatoms. The molecule has 0 heterocycles. The van der Waals surface area contributed by atoms with Crippen LogP contribution in [0.1, 0.15) is 16.7 Å². The van der Waals surface area contributed by atoms with Gasteiger partial charge in [0.15, 0.2) is 0 Å². The predicted octanol–water partition coefficient (Wildman–Crippen LogP) is 9.52. The SMILES string of the molecule is C=Cc1c(C=C)c(-c2ccc(-c3cccc4ccccc34)cc2)c2ccccc2c1C(=C)/C=c1/ccccc1=C. The lowest BCUT2D eigenvalue weighted by atomic mass is 9.83. The number of rotatable bonds is 6. The highest BCUT2D eigenvalue weighted by Crippen LogP contribution is 2.42. The third kappa shape index (κ3) is 4.30. The van der Waals surface area contributed by atoms with Crippen LogP contribution in [0, 0.1) is 0 Å². The molecule has 6 rings (SSSR count). The Morgan fingerprint density at radius 3 is 1.88 bits per heavy atom. The fourth-order valence-electron chi connectivity index (χ4n) is 5.79. The van der Waals surface area contributed by atoms with Crippen molar-refractivity contribution in [1.82, 2.24) is 0 Å². The van der Waals surface area contributed by atoms with Crippen molar-refractivity contribution >= 4 is 51.9 Å². The molecule has 0 aliphatic rings. The third-order valence-electron chi connectivity index (χ3n) is 7.68. The molecule has 0 radical (unpaired) electrons. The molecule has 0 aromatic heterocycles. The van der Waals surface area contributed by atoms with Gasteiger partial charge in [0.2, 0.25) is 0 Å². The molecule has 0 saturated carbocycles. The number of allylic oxidation sites excluding steroid dienone is 1. The largest absolute Gasteiger partial charge is 0.0984 e. The van der Waals surface area contributed by atoms with Gasteiger partial charge >= 0.3 is 0 Å². The average molecular weight is 511 g/mol. The first kappa shape index (κ1) is 25.1. The summed E-state index contributed by atoms with van der Waals surface area (Å²) in [5.41, 5.74) is 8.80. The Hall–Kier alpha value is -5.20. The molecule has 6 aromatic rings. The van der Waals surface area contributed by atoms with Gasteiger partial charge in [-0.15, -0.1) is 0 Å². The molecule has 0 aliphatic carbocycles. The van der Waals surface area contributed by atoms with E-state index in [0.717, 1.165) is 54.6 Å². The Labute approximate surface area is 235 Å². The summed E-state index contributed by atoms with van der Waals surface area (Å²) in [6.07, 6.45) is 5.99. The lowest BCUT2D eigenvalue weighted by Crippen LogP contribution is -2.21. The molecular weight excluding hydrogens is 480 g/mol. The van der Waals surface area contributed by atoms with E-state index in [2.05, 4.69) is 129 Å². The van der Waals surface area contributed by atoms with Crippen molar-refractivity contribution < 1.29 is 0 Å². The maximum absolute atomic E-state index is 4.50. The van der Waals surface area contributed by atoms with Crippen LogP contribution in [0.5, 0.6) is 0 Å². The lowest BCUT2D eigenvalue weighted by Gasteiger charge is -2.20. The van der Waals surface area contributed by atoms with E-state index in [9.17, 15) is 0 Å². The fraction of sp³-hybridized carbons (Fsp3) is 0. The molecular formula is C40H30. The van der Waals surface area contributed by atoms with Crippen LogP contribution in [0.15, 0.2) is 135 Å². The van der Waals surface area contributed by atoms with Gasteiger partial charge in [0.25, 0.3) is 0 Å². The summed E-state index contributed by atoms with van der Waals surface area (Å²) >= 11 is 0. The molecule has 0 fully saturated rings. The first-order valence-corrected chi connectivity index (χ1v) is 13.5. The van der Waals surface area contributed by atoms with E-state index in [0.29, 0.717) is 0 Å². The molecule has 40 heavy (non-hydrogen) atoms. The van der Waals surface area contributed by atoms with Crippen molar-refractivity contribution in [1.29, 1.82) is 0 Å². The number of benzene rings is 6. The van der Waals surface area contributed by atoms with Gasteiger partial charge in [-0.3, -0.25) is 0 Å². The second-order valence-corrected chi connectivity index (χ2v) is 10.0. The third-order valence-corrected chi connectivity index (χ3v) is 7.68. The van der Waals surface area contributed by atoms with Crippen molar-refractivity contribution in [3.8, 4) is 22.3 Å². The topological polar surface area (TPSA) is 0 Å². The van der Waals surface area contributed by atoms with Crippen molar-refractivity contribution in [2.24, 2.45) is 0 Å². The van der Waals surface area contributed by atoms with Crippen LogP contribution in [0.4, 0.5) is 0 Å². The smallest absolute Gasteiger partial charge is 0.00266 e. The van der Waals surface area contributed by atoms with Gasteiger partial charge in [-0.1, -0.05) is 154 Å². The molecule has 0 N–H and O–H groups in total. The Morgan fingerprint density at radius 1 is 0.550 bits per heavy atom. The van der Waals surface area contributed by atoms with Gasteiger partial charge in [0.1, 0.15) is 0 Å². The normalized spacial score (nSPS) is 11.6. The maximum Gasteiger partial charge on any atom is -0.00266 e. The molecule has 0 unspecified atom stereocenters. The minimum absolute atomic E-state index is 0.920. The van der Waals surface area contributed by atoms with Crippen molar-refractivity contribution in [2.75, 3.05) is 0 Å². The van der Waals surface area contributed by atoms with Crippen molar-refractivity contribution in [3.63, 3.8) is 0 Å². The first-order valence-electron chi connectivity index (χ1n) is 13.5. The van der Waals surface area contributed by atoms with Gasteiger partial charge < -0.3 is 0 Å². The van der Waals surface area contributed by atoms with Crippen LogP contribution in [0.2, 0.25) is 0 Å². The molecule has 0 amide bonds. The Bertz CT molecular complexity index is 2050. The standard InChI is InChI=1S/C40H30/c1-5-33-34(6-2)40(31-24-22-30(23-25-31)36-21-13-17-29-15-9-10-18-35(29)36)38-20-12-11-19-37(38)39(33)28(4)26-32-16-8-7-14-27(32)3/h5-26H,1-4H2/b32-26-. The quantitative estimate of drug-likeness (QED) is 0.209. The van der Waals surface area contributed by atoms with Crippen molar-refractivity contribution in [3.05, 3.63) is 162 Å². The van der Waals surface area contributed by atoms with Gasteiger partial charge in [-0.2, -0.15) is 0 Å². The summed E-state index contributed by atoms with van der Waals surface area (Å²) in [7, 11) is 0. The highest BCUT2D eigenvalue weighted by atomic mass is 14.2. The van der Waals surface area contributed by atoms with E-state index < -0.39 is 0 Å². The maximum atomic E-state index is 4.50. The molecule has 0 aliphatic heterocycles. The second-order valence-electron chi connectivity index (χ2n) is 10.0. The van der Waals surface area contributed by atoms with Gasteiger partial charge in [-0.25, -0.2) is 0 Å². The molecule has 6 aromatic carbocycles. The number of hydrogen-bond donors (Lipinski definition) is 0. The predicted molar refractivity (Wildman–Crippen MR) is 177 cm³/mol. The molecule has 0 saturated heterocycles. The molecule has 0 nitrogen and oxygen atoms in total. The van der Waals surface area contributed by atoms with Crippen LogP contribution in [-0.2, 0) is 0 Å². The van der Waals surface area contributed by atoms with E-state index >= 15 is 0 Å². The fourth-order valence-corrected chi connectivity index (χ4v) is 5.79. The Kier molecular flexibility index (Phi) is 6.60. The highest BCUT2D eigenvalue weighted by Gasteiger charge is 2.18. The molecule has 190 valence electrons. The molecule has 0 bridgehead atoms. The van der Waals surface area contributed by atoms with Gasteiger partial charge in [0, 0.05) is 0 Å². The van der Waals surface area contributed by atoms with E-state index in [1.54, 1.807) is 0 Å². The van der Waals surface area contributed by atoms with Crippen LogP contribution >= 0.6 is 0 Å². The Morgan fingerprint density at radius 2 is 1.15 bits per heavy atom. The van der Waals surface area contributed by atoms with E-state index in [-0.39, 0.29) is 0 Å².